The zero-order valence-electron chi connectivity index (χ0n) is 8.28. The molecule has 2 heteroatoms. The molecule has 0 fully saturated rings. The lowest BCUT2D eigenvalue weighted by Gasteiger charge is -2.25. The molecule has 0 aromatic heterocycles. The standard InChI is InChI=1S/C12H16OS/c14-9-8-13-12-7-3-5-10-4-1-2-6-11(10)12/h1-2,4,6,12,14H,3,5,7-9H2. The Morgan fingerprint density at radius 3 is 3.07 bits per heavy atom. The Morgan fingerprint density at radius 2 is 2.21 bits per heavy atom. The van der Waals surface area contributed by atoms with Crippen molar-refractivity contribution in [1.29, 1.82) is 0 Å². The lowest BCUT2D eigenvalue weighted by Crippen LogP contribution is -2.13. The molecule has 1 nitrogen and oxygen atoms in total. The second kappa shape index (κ2) is 4.85. The largest absolute Gasteiger partial charge is 0.373 e. The Balaban J connectivity index is 2.14. The highest BCUT2D eigenvalue weighted by Crippen LogP contribution is 2.31. The van der Waals surface area contributed by atoms with Crippen LogP contribution in [0.2, 0.25) is 0 Å². The van der Waals surface area contributed by atoms with Crippen LogP contribution in [0.25, 0.3) is 0 Å². The molecular weight excluding hydrogens is 192 g/mol. The van der Waals surface area contributed by atoms with Gasteiger partial charge < -0.3 is 4.74 Å². The van der Waals surface area contributed by atoms with E-state index in [1.165, 1.54) is 24.0 Å². The third-order valence-electron chi connectivity index (χ3n) is 2.72. The number of ether oxygens (including phenoxy) is 1. The molecule has 0 bridgehead atoms. The summed E-state index contributed by atoms with van der Waals surface area (Å²) in [6, 6.07) is 8.62. The Morgan fingerprint density at radius 1 is 1.36 bits per heavy atom. The van der Waals surface area contributed by atoms with Crippen molar-refractivity contribution < 1.29 is 4.74 Å². The van der Waals surface area contributed by atoms with Crippen molar-refractivity contribution in [3.63, 3.8) is 0 Å². The van der Waals surface area contributed by atoms with Gasteiger partial charge in [0.25, 0.3) is 0 Å². The van der Waals surface area contributed by atoms with E-state index in [4.69, 9.17) is 4.74 Å². The maximum absolute atomic E-state index is 5.78. The van der Waals surface area contributed by atoms with E-state index in [0.29, 0.717) is 6.10 Å². The van der Waals surface area contributed by atoms with Crippen LogP contribution in [0.3, 0.4) is 0 Å². The smallest absolute Gasteiger partial charge is 0.0828 e. The van der Waals surface area contributed by atoms with Gasteiger partial charge in [0.15, 0.2) is 0 Å². The van der Waals surface area contributed by atoms with E-state index in [0.717, 1.165) is 18.8 Å². The predicted molar refractivity (Wildman–Crippen MR) is 61.9 cm³/mol. The van der Waals surface area contributed by atoms with Crippen molar-refractivity contribution in [3.8, 4) is 0 Å². The van der Waals surface area contributed by atoms with Gasteiger partial charge in [-0.3, -0.25) is 0 Å². The molecule has 1 aliphatic carbocycles. The molecule has 1 atom stereocenters. The summed E-state index contributed by atoms with van der Waals surface area (Å²) in [6.07, 6.45) is 3.92. The second-order valence-electron chi connectivity index (χ2n) is 3.67. The van der Waals surface area contributed by atoms with Gasteiger partial charge in [-0.05, 0) is 30.4 Å². The molecule has 76 valence electrons. The van der Waals surface area contributed by atoms with Crippen LogP contribution in [0.1, 0.15) is 30.1 Å². The molecule has 1 aromatic rings. The number of benzene rings is 1. The van der Waals surface area contributed by atoms with E-state index in [1.54, 1.807) is 0 Å². The molecule has 0 spiro atoms. The number of fused-ring (bicyclic) bond motifs is 1. The molecule has 0 radical (unpaired) electrons. The van der Waals surface area contributed by atoms with Crippen molar-refractivity contribution >= 4 is 12.6 Å². The van der Waals surface area contributed by atoms with Crippen molar-refractivity contribution in [2.75, 3.05) is 12.4 Å². The Labute approximate surface area is 90.9 Å². The first-order valence-electron chi connectivity index (χ1n) is 5.22. The first-order valence-corrected chi connectivity index (χ1v) is 5.85. The predicted octanol–water partition coefficient (Wildman–Crippen LogP) is 3.01. The minimum absolute atomic E-state index is 0.312. The zero-order chi connectivity index (χ0) is 9.80. The number of aryl methyl sites for hydroxylation is 1. The van der Waals surface area contributed by atoms with Crippen molar-refractivity contribution in [2.24, 2.45) is 0 Å². The Bertz CT molecular complexity index is 298. The van der Waals surface area contributed by atoms with Crippen LogP contribution in [0.15, 0.2) is 24.3 Å². The SMILES string of the molecule is SCCOC1CCCc2ccccc21. The fraction of sp³-hybridized carbons (Fsp3) is 0.500. The average molecular weight is 208 g/mol. The summed E-state index contributed by atoms with van der Waals surface area (Å²) in [4.78, 5) is 0. The molecule has 0 aliphatic heterocycles. The quantitative estimate of drug-likeness (QED) is 0.751. The normalized spacial score (nSPS) is 20.5. The molecule has 0 heterocycles. The first kappa shape index (κ1) is 10.1. The topological polar surface area (TPSA) is 9.23 Å². The number of hydrogen-bond donors (Lipinski definition) is 1. The van der Waals surface area contributed by atoms with E-state index in [1.807, 2.05) is 0 Å². The molecule has 0 saturated heterocycles. The summed E-state index contributed by atoms with van der Waals surface area (Å²) in [5.74, 6) is 0.804. The van der Waals surface area contributed by atoms with Crippen LogP contribution >= 0.6 is 12.6 Å². The highest BCUT2D eigenvalue weighted by molar-refractivity contribution is 7.80. The minimum Gasteiger partial charge on any atom is -0.373 e. The third-order valence-corrected chi connectivity index (χ3v) is 2.91. The second-order valence-corrected chi connectivity index (χ2v) is 4.12. The van der Waals surface area contributed by atoms with E-state index in [9.17, 15) is 0 Å². The van der Waals surface area contributed by atoms with E-state index >= 15 is 0 Å². The van der Waals surface area contributed by atoms with E-state index < -0.39 is 0 Å². The van der Waals surface area contributed by atoms with Gasteiger partial charge in [0.2, 0.25) is 0 Å². The molecular formula is C12H16OS. The highest BCUT2D eigenvalue weighted by atomic mass is 32.1. The van der Waals surface area contributed by atoms with Crippen LogP contribution in [0.5, 0.6) is 0 Å². The van der Waals surface area contributed by atoms with Crippen molar-refractivity contribution in [1.82, 2.24) is 0 Å². The van der Waals surface area contributed by atoms with Gasteiger partial charge in [-0.2, -0.15) is 12.6 Å². The molecule has 0 N–H and O–H groups in total. The maximum Gasteiger partial charge on any atom is 0.0828 e. The van der Waals surface area contributed by atoms with E-state index in [-0.39, 0.29) is 0 Å². The molecule has 2 rings (SSSR count). The van der Waals surface area contributed by atoms with Gasteiger partial charge >= 0.3 is 0 Å². The molecule has 0 amide bonds. The number of thiol groups is 1. The molecule has 1 aliphatic rings. The monoisotopic (exact) mass is 208 g/mol. The summed E-state index contributed by atoms with van der Waals surface area (Å²) < 4.78 is 5.78. The van der Waals surface area contributed by atoms with Crippen LogP contribution in [0, 0.1) is 0 Å². The van der Waals surface area contributed by atoms with Crippen LogP contribution in [-0.2, 0) is 11.2 Å². The molecule has 1 unspecified atom stereocenters. The maximum atomic E-state index is 5.78. The van der Waals surface area contributed by atoms with Crippen LogP contribution in [0.4, 0.5) is 0 Å². The summed E-state index contributed by atoms with van der Waals surface area (Å²) >= 11 is 4.17. The summed E-state index contributed by atoms with van der Waals surface area (Å²) in [5.41, 5.74) is 2.85. The fourth-order valence-electron chi connectivity index (χ4n) is 2.08. The fourth-order valence-corrected chi connectivity index (χ4v) is 2.18. The molecule has 14 heavy (non-hydrogen) atoms. The van der Waals surface area contributed by atoms with Gasteiger partial charge in [0.05, 0.1) is 12.7 Å². The minimum atomic E-state index is 0.312. The third kappa shape index (κ3) is 2.12. The van der Waals surface area contributed by atoms with Gasteiger partial charge in [0.1, 0.15) is 0 Å². The summed E-state index contributed by atoms with van der Waals surface area (Å²) in [5, 5.41) is 0. The molecule has 1 aromatic carbocycles. The average Bonchev–Trinajstić information content (AvgIpc) is 2.26. The number of rotatable bonds is 3. The van der Waals surface area contributed by atoms with Gasteiger partial charge in [0, 0.05) is 5.75 Å². The number of hydrogen-bond acceptors (Lipinski definition) is 2. The Kier molecular flexibility index (Phi) is 3.49. The lowest BCUT2D eigenvalue weighted by atomic mass is 9.89. The first-order chi connectivity index (χ1) is 6.92. The molecule has 0 saturated carbocycles. The zero-order valence-corrected chi connectivity index (χ0v) is 9.17. The highest BCUT2D eigenvalue weighted by Gasteiger charge is 2.19. The van der Waals surface area contributed by atoms with E-state index in [2.05, 4.69) is 36.9 Å². The van der Waals surface area contributed by atoms with Crippen LogP contribution in [-0.4, -0.2) is 12.4 Å². The summed E-state index contributed by atoms with van der Waals surface area (Å²) in [6.45, 7) is 0.752. The van der Waals surface area contributed by atoms with Crippen molar-refractivity contribution in [2.45, 2.75) is 25.4 Å². The van der Waals surface area contributed by atoms with Gasteiger partial charge in [-0.1, -0.05) is 24.3 Å². The Hall–Kier alpha value is -0.470. The lowest BCUT2D eigenvalue weighted by molar-refractivity contribution is 0.0520. The van der Waals surface area contributed by atoms with Gasteiger partial charge in [-0.15, -0.1) is 0 Å². The van der Waals surface area contributed by atoms with Crippen LogP contribution < -0.4 is 0 Å². The summed E-state index contributed by atoms with van der Waals surface area (Å²) in [7, 11) is 0. The van der Waals surface area contributed by atoms with Crippen molar-refractivity contribution in [3.05, 3.63) is 35.4 Å². The van der Waals surface area contributed by atoms with Gasteiger partial charge in [-0.25, -0.2) is 0 Å².